The molecule has 2 fully saturated rings. The topological polar surface area (TPSA) is 107 Å². The molecular weight excluding hydrogens is 511 g/mol. The first-order chi connectivity index (χ1) is 17.3. The molecule has 2 aliphatic carbocycles. The SMILES string of the molecule is Cc1cnc(N[C@H]2CC[C@@H](NC(=O)[C@@H]3C[C@H]3c3ccc(Cl)cc3)CC2)nc1N(C)C.O=C(O)C(F)(F)F. The van der Waals surface area contributed by atoms with E-state index < -0.39 is 12.1 Å². The van der Waals surface area contributed by atoms with Crippen molar-refractivity contribution in [1.29, 1.82) is 0 Å². The first-order valence-corrected chi connectivity index (χ1v) is 12.4. The Morgan fingerprint density at radius 1 is 1.08 bits per heavy atom. The van der Waals surface area contributed by atoms with E-state index in [1.54, 1.807) is 0 Å². The van der Waals surface area contributed by atoms with Crippen molar-refractivity contribution in [3.8, 4) is 0 Å². The lowest BCUT2D eigenvalue weighted by Gasteiger charge is -2.30. The Balaban J connectivity index is 0.000000479. The second-order valence-corrected chi connectivity index (χ2v) is 10.0. The highest BCUT2D eigenvalue weighted by molar-refractivity contribution is 6.30. The van der Waals surface area contributed by atoms with E-state index in [1.807, 2.05) is 56.4 Å². The first kappa shape index (κ1) is 28.5. The molecule has 2 saturated carbocycles. The third-order valence-electron chi connectivity index (χ3n) is 6.44. The monoisotopic (exact) mass is 541 g/mol. The zero-order chi connectivity index (χ0) is 27.3. The van der Waals surface area contributed by atoms with E-state index in [2.05, 4.69) is 20.6 Å². The number of anilines is 2. The molecule has 2 aromatic rings. The fourth-order valence-corrected chi connectivity index (χ4v) is 4.52. The number of nitrogens with one attached hydrogen (secondary N) is 2. The molecule has 0 spiro atoms. The van der Waals surface area contributed by atoms with Crippen LogP contribution in [0.25, 0.3) is 0 Å². The Hall–Kier alpha value is -3.08. The van der Waals surface area contributed by atoms with Gasteiger partial charge in [-0.3, -0.25) is 4.79 Å². The molecule has 0 unspecified atom stereocenters. The number of benzene rings is 1. The van der Waals surface area contributed by atoms with Crippen LogP contribution in [0.4, 0.5) is 24.9 Å². The molecule has 0 saturated heterocycles. The number of rotatable bonds is 6. The van der Waals surface area contributed by atoms with Crippen LogP contribution in [-0.2, 0) is 9.59 Å². The number of carbonyl (C=O) groups excluding carboxylic acids is 1. The fraction of sp³-hybridized carbons (Fsp3) is 0.520. The Kier molecular flexibility index (Phi) is 9.22. The van der Waals surface area contributed by atoms with Gasteiger partial charge in [0, 0.05) is 48.9 Å². The van der Waals surface area contributed by atoms with Gasteiger partial charge < -0.3 is 20.6 Å². The van der Waals surface area contributed by atoms with Gasteiger partial charge in [0.15, 0.2) is 0 Å². The standard InChI is InChI=1S/C23H30ClN5O.C2HF3O2/c1-14-13-25-23(28-21(14)29(2)3)27-18-10-8-17(9-11-18)26-22(30)20-12-19(20)15-4-6-16(24)7-5-15;3-2(4,5)1(6)7/h4-7,13,17-20H,8-12H2,1-3H3,(H,26,30)(H,25,27,28);(H,6,7)/t17-,18+,19-,20+;/m0./s1. The van der Waals surface area contributed by atoms with E-state index in [-0.39, 0.29) is 17.9 Å². The smallest absolute Gasteiger partial charge is 0.475 e. The molecule has 37 heavy (non-hydrogen) atoms. The summed E-state index contributed by atoms with van der Waals surface area (Å²) in [6.45, 7) is 2.02. The predicted octanol–water partition coefficient (Wildman–Crippen LogP) is 4.78. The lowest BCUT2D eigenvalue weighted by molar-refractivity contribution is -0.192. The Bertz CT molecular complexity index is 1090. The second-order valence-electron chi connectivity index (χ2n) is 9.60. The van der Waals surface area contributed by atoms with Gasteiger partial charge in [-0.2, -0.15) is 18.2 Å². The molecule has 3 N–H and O–H groups in total. The normalized spacial score (nSPS) is 22.8. The molecule has 4 rings (SSSR count). The van der Waals surface area contributed by atoms with Crippen LogP contribution >= 0.6 is 11.6 Å². The number of hydrogen-bond acceptors (Lipinski definition) is 6. The number of halogens is 4. The van der Waals surface area contributed by atoms with Crippen LogP contribution in [0.2, 0.25) is 5.02 Å². The third-order valence-corrected chi connectivity index (χ3v) is 6.70. The highest BCUT2D eigenvalue weighted by Gasteiger charge is 2.44. The zero-order valence-corrected chi connectivity index (χ0v) is 21.6. The van der Waals surface area contributed by atoms with Crippen molar-refractivity contribution in [3.63, 3.8) is 0 Å². The van der Waals surface area contributed by atoms with Crippen LogP contribution in [0.3, 0.4) is 0 Å². The highest BCUT2D eigenvalue weighted by atomic mass is 35.5. The van der Waals surface area contributed by atoms with E-state index in [0.29, 0.717) is 17.9 Å². The number of amides is 1. The van der Waals surface area contributed by atoms with Gasteiger partial charge >= 0.3 is 12.1 Å². The average molecular weight is 542 g/mol. The molecule has 1 aromatic carbocycles. The number of carboxylic acids is 1. The summed E-state index contributed by atoms with van der Waals surface area (Å²) in [5.41, 5.74) is 2.27. The minimum absolute atomic E-state index is 0.104. The van der Waals surface area contributed by atoms with Crippen molar-refractivity contribution in [2.45, 2.75) is 63.2 Å². The lowest BCUT2D eigenvalue weighted by atomic mass is 9.91. The minimum atomic E-state index is -5.08. The molecule has 0 radical (unpaired) electrons. The number of hydrogen-bond donors (Lipinski definition) is 3. The highest BCUT2D eigenvalue weighted by Crippen LogP contribution is 2.47. The van der Waals surface area contributed by atoms with Gasteiger partial charge in [0.2, 0.25) is 11.9 Å². The van der Waals surface area contributed by atoms with Gasteiger partial charge in [0.05, 0.1) is 0 Å². The van der Waals surface area contributed by atoms with Crippen LogP contribution in [-0.4, -0.2) is 59.3 Å². The van der Waals surface area contributed by atoms with E-state index in [9.17, 15) is 18.0 Å². The quantitative estimate of drug-likeness (QED) is 0.483. The van der Waals surface area contributed by atoms with Crippen molar-refractivity contribution < 1.29 is 27.9 Å². The Morgan fingerprint density at radius 2 is 1.65 bits per heavy atom. The van der Waals surface area contributed by atoms with E-state index >= 15 is 0 Å². The summed E-state index contributed by atoms with van der Waals surface area (Å²) in [6, 6.07) is 8.48. The summed E-state index contributed by atoms with van der Waals surface area (Å²) < 4.78 is 31.7. The first-order valence-electron chi connectivity index (χ1n) is 12.0. The van der Waals surface area contributed by atoms with Crippen LogP contribution < -0.4 is 15.5 Å². The maximum atomic E-state index is 12.7. The molecule has 12 heteroatoms. The summed E-state index contributed by atoms with van der Waals surface area (Å²) >= 11 is 5.96. The molecular formula is C25H31ClF3N5O3. The number of aryl methyl sites for hydroxylation is 1. The molecule has 8 nitrogen and oxygen atoms in total. The molecule has 1 heterocycles. The van der Waals surface area contributed by atoms with Crippen molar-refractivity contribution in [2.75, 3.05) is 24.3 Å². The maximum absolute atomic E-state index is 12.7. The predicted molar refractivity (Wildman–Crippen MR) is 135 cm³/mol. The van der Waals surface area contributed by atoms with Crippen molar-refractivity contribution >= 4 is 35.2 Å². The van der Waals surface area contributed by atoms with Crippen LogP contribution in [0, 0.1) is 12.8 Å². The lowest BCUT2D eigenvalue weighted by Crippen LogP contribution is -2.41. The summed E-state index contributed by atoms with van der Waals surface area (Å²) in [6.07, 6.45) is 1.68. The van der Waals surface area contributed by atoms with Gasteiger partial charge in [-0.05, 0) is 62.6 Å². The number of aliphatic carboxylic acids is 1. The summed E-state index contributed by atoms with van der Waals surface area (Å²) in [4.78, 5) is 32.6. The van der Waals surface area contributed by atoms with E-state index in [1.165, 1.54) is 5.56 Å². The Morgan fingerprint density at radius 3 is 2.19 bits per heavy atom. The van der Waals surface area contributed by atoms with E-state index in [4.69, 9.17) is 21.5 Å². The minimum Gasteiger partial charge on any atom is -0.475 e. The number of aromatic nitrogens is 2. The van der Waals surface area contributed by atoms with Gasteiger partial charge in [0.1, 0.15) is 5.82 Å². The van der Waals surface area contributed by atoms with Gasteiger partial charge in [-0.1, -0.05) is 23.7 Å². The number of nitrogens with zero attached hydrogens (tertiary/aromatic N) is 3. The molecule has 202 valence electrons. The van der Waals surface area contributed by atoms with Gasteiger partial charge in [-0.25, -0.2) is 9.78 Å². The maximum Gasteiger partial charge on any atom is 0.490 e. The summed E-state index contributed by atoms with van der Waals surface area (Å²) in [5.74, 6) is -0.498. The van der Waals surface area contributed by atoms with Crippen molar-refractivity contribution in [2.24, 2.45) is 5.92 Å². The van der Waals surface area contributed by atoms with Gasteiger partial charge in [-0.15, -0.1) is 0 Å². The molecule has 1 amide bonds. The zero-order valence-electron chi connectivity index (χ0n) is 20.8. The van der Waals surface area contributed by atoms with Crippen LogP contribution in [0.15, 0.2) is 30.5 Å². The molecule has 2 aliphatic rings. The number of carboxylic acid groups (broad SMARTS) is 1. The fourth-order valence-electron chi connectivity index (χ4n) is 4.39. The third kappa shape index (κ3) is 8.21. The largest absolute Gasteiger partial charge is 0.490 e. The van der Waals surface area contributed by atoms with Crippen molar-refractivity contribution in [3.05, 3.63) is 46.6 Å². The van der Waals surface area contributed by atoms with Crippen molar-refractivity contribution in [1.82, 2.24) is 15.3 Å². The second kappa shape index (κ2) is 12.0. The van der Waals surface area contributed by atoms with E-state index in [0.717, 1.165) is 48.5 Å². The molecule has 0 bridgehead atoms. The molecule has 2 atom stereocenters. The Labute approximate surface area is 218 Å². The number of alkyl halides is 3. The summed E-state index contributed by atoms with van der Waals surface area (Å²) in [5, 5.41) is 14.6. The number of carbonyl (C=O) groups is 2. The van der Waals surface area contributed by atoms with Gasteiger partial charge in [0.25, 0.3) is 0 Å². The van der Waals surface area contributed by atoms with Crippen LogP contribution in [0.1, 0.15) is 49.1 Å². The molecule has 0 aliphatic heterocycles. The average Bonchev–Trinajstić information content (AvgIpc) is 3.63. The van der Waals surface area contributed by atoms with Crippen LogP contribution in [0.5, 0.6) is 0 Å². The summed E-state index contributed by atoms with van der Waals surface area (Å²) in [7, 11) is 3.98. The molecule has 1 aromatic heterocycles.